The van der Waals surface area contributed by atoms with E-state index >= 15 is 0 Å². The number of rotatable bonds is 3. The van der Waals surface area contributed by atoms with Crippen molar-refractivity contribution in [3.8, 4) is 5.75 Å². The number of phenolic OH excluding ortho intramolecular Hbond substituents is 1. The molecule has 1 aliphatic heterocycles. The summed E-state index contributed by atoms with van der Waals surface area (Å²) in [5.41, 5.74) is 1.19. The Labute approximate surface area is 103 Å². The van der Waals surface area contributed by atoms with E-state index in [1.807, 2.05) is 12.1 Å². The maximum absolute atomic E-state index is 9.21. The van der Waals surface area contributed by atoms with Gasteiger partial charge in [0.2, 0.25) is 0 Å². The first-order chi connectivity index (χ1) is 8.05. The van der Waals surface area contributed by atoms with Crippen molar-refractivity contribution < 1.29 is 9.84 Å². The Bertz CT molecular complexity index is 359. The first kappa shape index (κ1) is 12.4. The minimum atomic E-state index is -0.00905. The van der Waals surface area contributed by atoms with Crippen LogP contribution in [0.2, 0.25) is 0 Å². The first-order valence-electron chi connectivity index (χ1n) is 6.20. The fourth-order valence-corrected chi connectivity index (χ4v) is 2.28. The van der Waals surface area contributed by atoms with Crippen LogP contribution in [-0.4, -0.2) is 23.4 Å². The third-order valence-corrected chi connectivity index (χ3v) is 3.23. The molecule has 0 bridgehead atoms. The van der Waals surface area contributed by atoms with Gasteiger partial charge in [0.15, 0.2) is 0 Å². The van der Waals surface area contributed by atoms with Crippen LogP contribution in [0.1, 0.15) is 32.3 Å². The molecule has 0 radical (unpaired) electrons. The Kier molecular flexibility index (Phi) is 3.69. The minimum absolute atomic E-state index is 0.00905. The summed E-state index contributed by atoms with van der Waals surface area (Å²) in [6.45, 7) is 5.96. The molecule has 1 atom stereocenters. The van der Waals surface area contributed by atoms with Gasteiger partial charge < -0.3 is 15.2 Å². The molecule has 0 saturated carbocycles. The third kappa shape index (κ3) is 3.72. The van der Waals surface area contributed by atoms with Gasteiger partial charge in [0.1, 0.15) is 5.75 Å². The van der Waals surface area contributed by atoms with Gasteiger partial charge in [-0.2, -0.15) is 0 Å². The van der Waals surface area contributed by atoms with E-state index in [0.29, 0.717) is 11.8 Å². The first-order valence-corrected chi connectivity index (χ1v) is 6.20. The van der Waals surface area contributed by atoms with Gasteiger partial charge in [0.25, 0.3) is 0 Å². The SMILES string of the molecule is CC1(C)C[C@H](NCc2ccc(O)cc2)CCO1. The van der Waals surface area contributed by atoms with E-state index in [2.05, 4.69) is 19.2 Å². The van der Waals surface area contributed by atoms with E-state index in [9.17, 15) is 5.11 Å². The van der Waals surface area contributed by atoms with E-state index < -0.39 is 0 Å². The second-order valence-corrected chi connectivity index (χ2v) is 5.35. The molecule has 2 N–H and O–H groups in total. The molecule has 0 aromatic heterocycles. The fraction of sp³-hybridized carbons (Fsp3) is 0.571. The van der Waals surface area contributed by atoms with Crippen molar-refractivity contribution in [3.63, 3.8) is 0 Å². The van der Waals surface area contributed by atoms with Crippen LogP contribution in [0.15, 0.2) is 24.3 Å². The van der Waals surface area contributed by atoms with Gasteiger partial charge in [-0.25, -0.2) is 0 Å². The zero-order valence-corrected chi connectivity index (χ0v) is 10.6. The summed E-state index contributed by atoms with van der Waals surface area (Å²) >= 11 is 0. The molecule has 94 valence electrons. The highest BCUT2D eigenvalue weighted by Crippen LogP contribution is 2.24. The predicted molar refractivity (Wildman–Crippen MR) is 68.0 cm³/mol. The molecule has 0 amide bonds. The Hall–Kier alpha value is -1.06. The van der Waals surface area contributed by atoms with Crippen molar-refractivity contribution >= 4 is 0 Å². The van der Waals surface area contributed by atoms with Gasteiger partial charge in [-0.05, 0) is 44.4 Å². The number of phenols is 1. The number of nitrogens with one attached hydrogen (secondary N) is 1. The summed E-state index contributed by atoms with van der Waals surface area (Å²) in [5, 5.41) is 12.8. The number of ether oxygens (including phenoxy) is 1. The zero-order valence-electron chi connectivity index (χ0n) is 10.6. The topological polar surface area (TPSA) is 41.5 Å². The molecular formula is C14H21NO2. The molecule has 1 saturated heterocycles. The largest absolute Gasteiger partial charge is 0.508 e. The van der Waals surface area contributed by atoms with E-state index in [1.54, 1.807) is 12.1 Å². The Morgan fingerprint density at radius 3 is 2.71 bits per heavy atom. The molecule has 2 rings (SSSR count). The molecule has 1 aromatic carbocycles. The van der Waals surface area contributed by atoms with Gasteiger partial charge in [-0.1, -0.05) is 12.1 Å². The molecular weight excluding hydrogens is 214 g/mol. The molecule has 1 heterocycles. The van der Waals surface area contributed by atoms with Crippen LogP contribution in [0.5, 0.6) is 5.75 Å². The number of aromatic hydroxyl groups is 1. The summed E-state index contributed by atoms with van der Waals surface area (Å²) in [7, 11) is 0. The Morgan fingerprint density at radius 2 is 2.06 bits per heavy atom. The summed E-state index contributed by atoms with van der Waals surface area (Å²) < 4.78 is 5.69. The lowest BCUT2D eigenvalue weighted by Gasteiger charge is -2.36. The summed E-state index contributed by atoms with van der Waals surface area (Å²) in [5.74, 6) is 0.320. The molecule has 0 spiro atoms. The Morgan fingerprint density at radius 1 is 1.35 bits per heavy atom. The van der Waals surface area contributed by atoms with Crippen molar-refractivity contribution in [3.05, 3.63) is 29.8 Å². The monoisotopic (exact) mass is 235 g/mol. The van der Waals surface area contributed by atoms with Gasteiger partial charge in [-0.15, -0.1) is 0 Å². The van der Waals surface area contributed by atoms with Crippen LogP contribution >= 0.6 is 0 Å². The van der Waals surface area contributed by atoms with Crippen LogP contribution in [0.4, 0.5) is 0 Å². The van der Waals surface area contributed by atoms with Crippen LogP contribution < -0.4 is 5.32 Å². The second kappa shape index (κ2) is 5.07. The van der Waals surface area contributed by atoms with E-state index in [-0.39, 0.29) is 5.60 Å². The highest BCUT2D eigenvalue weighted by molar-refractivity contribution is 5.25. The van der Waals surface area contributed by atoms with Gasteiger partial charge >= 0.3 is 0 Å². The normalized spacial score (nSPS) is 23.5. The third-order valence-electron chi connectivity index (χ3n) is 3.23. The highest BCUT2D eigenvalue weighted by atomic mass is 16.5. The quantitative estimate of drug-likeness (QED) is 0.845. The summed E-state index contributed by atoms with van der Waals surface area (Å²) in [6.07, 6.45) is 2.12. The van der Waals surface area contributed by atoms with Crippen molar-refractivity contribution in [1.82, 2.24) is 5.32 Å². The van der Waals surface area contributed by atoms with E-state index in [1.165, 1.54) is 5.56 Å². The molecule has 3 heteroatoms. The smallest absolute Gasteiger partial charge is 0.115 e. The molecule has 3 nitrogen and oxygen atoms in total. The van der Waals surface area contributed by atoms with Crippen molar-refractivity contribution in [2.75, 3.05) is 6.61 Å². The average molecular weight is 235 g/mol. The van der Waals surface area contributed by atoms with E-state index in [0.717, 1.165) is 26.0 Å². The molecule has 17 heavy (non-hydrogen) atoms. The maximum atomic E-state index is 9.21. The zero-order chi connectivity index (χ0) is 12.3. The Balaban J connectivity index is 1.84. The number of hydrogen-bond acceptors (Lipinski definition) is 3. The molecule has 0 aliphatic carbocycles. The van der Waals surface area contributed by atoms with Crippen molar-refractivity contribution in [2.45, 2.75) is 44.9 Å². The van der Waals surface area contributed by atoms with Crippen molar-refractivity contribution in [1.29, 1.82) is 0 Å². The summed E-state index contributed by atoms with van der Waals surface area (Å²) in [4.78, 5) is 0. The minimum Gasteiger partial charge on any atom is -0.508 e. The molecule has 0 unspecified atom stereocenters. The predicted octanol–water partition coefficient (Wildman–Crippen LogP) is 2.44. The lowest BCUT2D eigenvalue weighted by Crippen LogP contribution is -2.43. The van der Waals surface area contributed by atoms with Crippen LogP contribution in [0, 0.1) is 0 Å². The lowest BCUT2D eigenvalue weighted by molar-refractivity contribution is -0.0630. The number of benzene rings is 1. The van der Waals surface area contributed by atoms with E-state index in [4.69, 9.17) is 4.74 Å². The summed E-state index contributed by atoms with van der Waals surface area (Å²) in [6, 6.07) is 7.88. The van der Waals surface area contributed by atoms with Crippen LogP contribution in [0.25, 0.3) is 0 Å². The van der Waals surface area contributed by atoms with Gasteiger partial charge in [0.05, 0.1) is 5.60 Å². The maximum Gasteiger partial charge on any atom is 0.115 e. The lowest BCUT2D eigenvalue weighted by atomic mass is 9.94. The van der Waals surface area contributed by atoms with Crippen LogP contribution in [0.3, 0.4) is 0 Å². The van der Waals surface area contributed by atoms with Crippen molar-refractivity contribution in [2.24, 2.45) is 0 Å². The van der Waals surface area contributed by atoms with Gasteiger partial charge in [0, 0.05) is 19.2 Å². The number of hydrogen-bond donors (Lipinski definition) is 2. The second-order valence-electron chi connectivity index (χ2n) is 5.35. The highest BCUT2D eigenvalue weighted by Gasteiger charge is 2.28. The molecule has 1 aliphatic rings. The standard InChI is InChI=1S/C14H21NO2/c1-14(2)9-12(7-8-17-14)15-10-11-3-5-13(16)6-4-11/h3-6,12,15-16H,7-10H2,1-2H3/t12-/m1/s1. The molecule has 1 aromatic rings. The van der Waals surface area contributed by atoms with Gasteiger partial charge in [-0.3, -0.25) is 0 Å². The fourth-order valence-electron chi connectivity index (χ4n) is 2.28. The van der Waals surface area contributed by atoms with Crippen LogP contribution in [-0.2, 0) is 11.3 Å². The molecule has 1 fully saturated rings. The average Bonchev–Trinajstić information content (AvgIpc) is 2.27.